The molecular weight excluding hydrogens is 412 g/mol. The van der Waals surface area contributed by atoms with Crippen LogP contribution in [0.2, 0.25) is 0 Å². The van der Waals surface area contributed by atoms with Gasteiger partial charge in [-0.15, -0.1) is 0 Å². The van der Waals surface area contributed by atoms with E-state index in [2.05, 4.69) is 31.4 Å². The number of amides is 2. The predicted octanol–water partition coefficient (Wildman–Crippen LogP) is 4.43. The molecule has 0 unspecified atom stereocenters. The highest BCUT2D eigenvalue weighted by molar-refractivity contribution is 6.02. The molecule has 174 valence electrons. The molecule has 6 heteroatoms. The van der Waals surface area contributed by atoms with Gasteiger partial charge in [-0.2, -0.15) is 5.26 Å². The van der Waals surface area contributed by atoms with Crippen molar-refractivity contribution in [3.8, 4) is 6.07 Å². The zero-order valence-electron chi connectivity index (χ0n) is 20.2. The highest BCUT2D eigenvalue weighted by Gasteiger charge is 2.25. The maximum atomic E-state index is 13.2. The molecule has 0 bridgehead atoms. The van der Waals surface area contributed by atoms with Crippen LogP contribution in [0.3, 0.4) is 0 Å². The van der Waals surface area contributed by atoms with Crippen LogP contribution in [0.25, 0.3) is 6.08 Å². The Bertz CT molecular complexity index is 1060. The molecule has 1 aromatic heterocycles. The molecule has 0 radical (unpaired) electrons. The van der Waals surface area contributed by atoms with Gasteiger partial charge in [-0.25, -0.2) is 0 Å². The zero-order chi connectivity index (χ0) is 24.0. The van der Waals surface area contributed by atoms with E-state index in [4.69, 9.17) is 0 Å². The molecule has 1 saturated heterocycles. The van der Waals surface area contributed by atoms with Gasteiger partial charge in [0.2, 0.25) is 0 Å². The lowest BCUT2D eigenvalue weighted by molar-refractivity contribution is -0.126. The Balaban J connectivity index is 1.72. The fourth-order valence-electron chi connectivity index (χ4n) is 4.26. The number of hydrogen-bond donors (Lipinski definition) is 0. The van der Waals surface area contributed by atoms with Crippen molar-refractivity contribution >= 4 is 17.9 Å². The summed E-state index contributed by atoms with van der Waals surface area (Å²) in [5.41, 5.74) is 3.92. The van der Waals surface area contributed by atoms with Crippen LogP contribution in [0.1, 0.15) is 54.0 Å². The highest BCUT2D eigenvalue weighted by atomic mass is 16.2. The molecule has 0 aliphatic carbocycles. The number of aromatic nitrogens is 1. The smallest absolute Gasteiger partial charge is 0.264 e. The minimum atomic E-state index is -0.265. The van der Waals surface area contributed by atoms with E-state index in [-0.39, 0.29) is 17.4 Å². The average Bonchev–Trinajstić information content (AvgIpc) is 2.97. The average molecular weight is 447 g/mol. The minimum Gasteiger partial charge on any atom is -0.349 e. The molecule has 3 rings (SSSR count). The van der Waals surface area contributed by atoms with Crippen LogP contribution >= 0.6 is 0 Å². The van der Waals surface area contributed by atoms with Crippen LogP contribution in [-0.2, 0) is 11.3 Å². The Labute approximate surface area is 197 Å². The first kappa shape index (κ1) is 24.3. The lowest BCUT2D eigenvalue weighted by Gasteiger charge is -2.22. The Hall–Kier alpha value is -3.33. The molecule has 0 N–H and O–H groups in total. The summed E-state index contributed by atoms with van der Waals surface area (Å²) in [5.74, 6) is 0.325. The standard InChI is InChI=1S/C27H34N4O2/c1-20(2)11-14-31-21(3)17-24(22(31)4)18-25(19-28)27(33)30-13-8-12-29(15-16-30)26(32)23-9-6-5-7-10-23/h5-7,9-10,17-18,20H,8,11-16H2,1-4H3/b25-18-. The molecule has 33 heavy (non-hydrogen) atoms. The summed E-state index contributed by atoms with van der Waals surface area (Å²) in [6, 6.07) is 13.4. The molecule has 0 spiro atoms. The van der Waals surface area contributed by atoms with E-state index in [1.807, 2.05) is 43.3 Å². The SMILES string of the molecule is Cc1cc(/C=C(/C#N)C(=O)N2CCCN(C(=O)c3ccccc3)CC2)c(C)n1CCC(C)C. The van der Waals surface area contributed by atoms with Gasteiger partial charge in [-0.05, 0) is 62.4 Å². The van der Waals surface area contributed by atoms with Gasteiger partial charge in [0.05, 0.1) is 0 Å². The summed E-state index contributed by atoms with van der Waals surface area (Å²) in [5, 5.41) is 9.75. The predicted molar refractivity (Wildman–Crippen MR) is 130 cm³/mol. The Morgan fingerprint density at radius 3 is 2.39 bits per heavy atom. The lowest BCUT2D eigenvalue weighted by Crippen LogP contribution is -2.37. The largest absolute Gasteiger partial charge is 0.349 e. The third-order valence-corrected chi connectivity index (χ3v) is 6.28. The fraction of sp³-hybridized carbons (Fsp3) is 0.444. The van der Waals surface area contributed by atoms with E-state index in [9.17, 15) is 14.9 Å². The van der Waals surface area contributed by atoms with Crippen molar-refractivity contribution in [2.24, 2.45) is 5.92 Å². The molecule has 1 fully saturated rings. The van der Waals surface area contributed by atoms with Gasteiger partial charge in [0, 0.05) is 49.7 Å². The summed E-state index contributed by atoms with van der Waals surface area (Å²) in [6.45, 7) is 11.4. The van der Waals surface area contributed by atoms with Gasteiger partial charge in [0.15, 0.2) is 0 Å². The van der Waals surface area contributed by atoms with Gasteiger partial charge in [0.25, 0.3) is 11.8 Å². The number of nitriles is 1. The third kappa shape index (κ3) is 5.92. The third-order valence-electron chi connectivity index (χ3n) is 6.28. The number of carbonyl (C=O) groups is 2. The number of rotatable bonds is 6. The van der Waals surface area contributed by atoms with Crippen molar-refractivity contribution in [3.63, 3.8) is 0 Å². The fourth-order valence-corrected chi connectivity index (χ4v) is 4.26. The molecule has 1 aromatic carbocycles. The topological polar surface area (TPSA) is 69.3 Å². The maximum Gasteiger partial charge on any atom is 0.264 e. The molecule has 0 atom stereocenters. The molecule has 6 nitrogen and oxygen atoms in total. The van der Waals surface area contributed by atoms with Crippen molar-refractivity contribution in [3.05, 3.63) is 64.5 Å². The second kappa shape index (κ2) is 11.0. The number of hydrogen-bond acceptors (Lipinski definition) is 3. The van der Waals surface area contributed by atoms with Crippen LogP contribution in [0.15, 0.2) is 42.0 Å². The van der Waals surface area contributed by atoms with Crippen molar-refractivity contribution in [2.45, 2.75) is 47.1 Å². The first-order valence-electron chi connectivity index (χ1n) is 11.7. The number of carbonyl (C=O) groups excluding carboxylic acids is 2. The van der Waals surface area contributed by atoms with Crippen molar-refractivity contribution in [1.82, 2.24) is 14.4 Å². The van der Waals surface area contributed by atoms with Crippen LogP contribution in [-0.4, -0.2) is 52.4 Å². The summed E-state index contributed by atoms with van der Waals surface area (Å²) in [6.07, 6.45) is 3.48. The van der Waals surface area contributed by atoms with E-state index in [1.165, 1.54) is 0 Å². The molecule has 1 aliphatic heterocycles. The van der Waals surface area contributed by atoms with Gasteiger partial charge in [-0.3, -0.25) is 9.59 Å². The van der Waals surface area contributed by atoms with Crippen molar-refractivity contribution in [2.75, 3.05) is 26.2 Å². The van der Waals surface area contributed by atoms with E-state index in [0.29, 0.717) is 44.1 Å². The first-order chi connectivity index (χ1) is 15.8. The highest BCUT2D eigenvalue weighted by Crippen LogP contribution is 2.21. The van der Waals surface area contributed by atoms with Crippen LogP contribution in [0.5, 0.6) is 0 Å². The second-order valence-corrected chi connectivity index (χ2v) is 9.13. The van der Waals surface area contributed by atoms with E-state index < -0.39 is 0 Å². The zero-order valence-corrected chi connectivity index (χ0v) is 20.2. The molecular formula is C27H34N4O2. The van der Waals surface area contributed by atoms with Crippen molar-refractivity contribution in [1.29, 1.82) is 5.26 Å². The molecule has 2 heterocycles. The lowest BCUT2D eigenvalue weighted by atomic mass is 10.1. The van der Waals surface area contributed by atoms with Gasteiger partial charge in [0.1, 0.15) is 11.6 Å². The maximum absolute atomic E-state index is 13.2. The van der Waals surface area contributed by atoms with Gasteiger partial charge >= 0.3 is 0 Å². The molecule has 2 aromatic rings. The van der Waals surface area contributed by atoms with Crippen molar-refractivity contribution < 1.29 is 9.59 Å². The van der Waals surface area contributed by atoms with E-state index in [1.54, 1.807) is 15.9 Å². The summed E-state index contributed by atoms with van der Waals surface area (Å²) in [4.78, 5) is 29.5. The monoisotopic (exact) mass is 446 g/mol. The normalized spacial score (nSPS) is 14.8. The van der Waals surface area contributed by atoms with Crippen LogP contribution in [0, 0.1) is 31.1 Å². The Kier molecular flexibility index (Phi) is 8.11. The number of benzene rings is 1. The van der Waals surface area contributed by atoms with E-state index in [0.717, 1.165) is 29.9 Å². The summed E-state index contributed by atoms with van der Waals surface area (Å²) in [7, 11) is 0. The van der Waals surface area contributed by atoms with Crippen LogP contribution in [0.4, 0.5) is 0 Å². The summed E-state index contributed by atoms with van der Waals surface area (Å²) < 4.78 is 2.25. The van der Waals surface area contributed by atoms with Gasteiger partial charge < -0.3 is 14.4 Å². The van der Waals surface area contributed by atoms with Gasteiger partial charge in [-0.1, -0.05) is 32.0 Å². The Morgan fingerprint density at radius 1 is 1.06 bits per heavy atom. The molecule has 2 amide bonds. The quantitative estimate of drug-likeness (QED) is 0.487. The minimum absolute atomic E-state index is 0.0187. The van der Waals surface area contributed by atoms with E-state index >= 15 is 0 Å². The summed E-state index contributed by atoms with van der Waals surface area (Å²) >= 11 is 0. The number of aryl methyl sites for hydroxylation is 1. The molecule has 1 aliphatic rings. The second-order valence-electron chi connectivity index (χ2n) is 9.13. The van der Waals surface area contributed by atoms with Crippen LogP contribution < -0.4 is 0 Å². The first-order valence-corrected chi connectivity index (χ1v) is 11.7. The molecule has 0 saturated carbocycles. The number of nitrogens with zero attached hydrogens (tertiary/aromatic N) is 4. The Morgan fingerprint density at radius 2 is 1.73 bits per heavy atom.